The molecule has 9 heteroatoms. The molecule has 3 aliphatic rings. The molecule has 0 amide bonds. The van der Waals surface area contributed by atoms with Crippen molar-refractivity contribution >= 4 is 22.7 Å². The van der Waals surface area contributed by atoms with E-state index in [4.69, 9.17) is 4.98 Å². The first kappa shape index (κ1) is 23.4. The number of nitrogens with one attached hydrogen (secondary N) is 1. The van der Waals surface area contributed by atoms with E-state index in [0.29, 0.717) is 22.4 Å². The molecule has 4 heterocycles. The van der Waals surface area contributed by atoms with E-state index in [1.54, 1.807) is 27.6 Å². The van der Waals surface area contributed by atoms with Gasteiger partial charge in [-0.1, -0.05) is 6.07 Å². The summed E-state index contributed by atoms with van der Waals surface area (Å²) >= 11 is 0. The van der Waals surface area contributed by atoms with Gasteiger partial charge in [0.2, 0.25) is 5.95 Å². The molecule has 196 valence electrons. The fourth-order valence-electron chi connectivity index (χ4n) is 6.06. The first-order valence-corrected chi connectivity index (χ1v) is 13.5. The molecular formula is C29H33N7O2. The van der Waals surface area contributed by atoms with E-state index in [2.05, 4.69) is 40.4 Å². The lowest BCUT2D eigenvalue weighted by atomic mass is 9.87. The van der Waals surface area contributed by atoms with Gasteiger partial charge in [-0.15, -0.1) is 0 Å². The molecule has 2 aliphatic carbocycles. The zero-order valence-corrected chi connectivity index (χ0v) is 22.4. The van der Waals surface area contributed by atoms with Gasteiger partial charge < -0.3 is 14.8 Å². The second-order valence-corrected chi connectivity index (χ2v) is 12.3. The average Bonchev–Trinajstić information content (AvgIpc) is 3.79. The quantitative estimate of drug-likeness (QED) is 0.445. The molecule has 9 nitrogen and oxygen atoms in total. The lowest BCUT2D eigenvalue weighted by Gasteiger charge is -2.32. The molecule has 1 aromatic carbocycles. The van der Waals surface area contributed by atoms with Gasteiger partial charge in [0.1, 0.15) is 5.39 Å². The Morgan fingerprint density at radius 2 is 1.87 bits per heavy atom. The first-order valence-electron chi connectivity index (χ1n) is 13.5. The summed E-state index contributed by atoms with van der Waals surface area (Å²) in [6.45, 7) is 8.03. The van der Waals surface area contributed by atoms with E-state index in [1.165, 1.54) is 24.0 Å². The average molecular weight is 512 g/mol. The number of rotatable bonds is 4. The third kappa shape index (κ3) is 3.71. The number of aromatic nitrogens is 5. The largest absolute Gasteiger partial charge is 0.324 e. The molecule has 1 spiro atoms. The predicted octanol–water partition coefficient (Wildman–Crippen LogP) is 4.05. The number of hydrogen-bond acceptors (Lipinski definition) is 6. The number of benzene rings is 1. The summed E-state index contributed by atoms with van der Waals surface area (Å²) < 4.78 is 5.34. The molecule has 38 heavy (non-hydrogen) atoms. The van der Waals surface area contributed by atoms with E-state index in [-0.39, 0.29) is 17.2 Å². The fourth-order valence-corrected chi connectivity index (χ4v) is 6.06. The van der Waals surface area contributed by atoms with Crippen molar-refractivity contribution in [1.82, 2.24) is 28.8 Å². The van der Waals surface area contributed by atoms with Crippen molar-refractivity contribution < 1.29 is 0 Å². The summed E-state index contributed by atoms with van der Waals surface area (Å²) in [5.41, 5.74) is 4.78. The van der Waals surface area contributed by atoms with E-state index in [9.17, 15) is 9.59 Å². The predicted molar refractivity (Wildman–Crippen MR) is 148 cm³/mol. The van der Waals surface area contributed by atoms with Gasteiger partial charge in [0, 0.05) is 48.2 Å². The number of fused-ring (bicyclic) bond motifs is 3. The van der Waals surface area contributed by atoms with Crippen molar-refractivity contribution in [2.75, 3.05) is 18.9 Å². The number of hydrogen-bond donors (Lipinski definition) is 1. The molecule has 0 radical (unpaired) electrons. The highest BCUT2D eigenvalue weighted by Gasteiger charge is 2.48. The molecule has 2 fully saturated rings. The van der Waals surface area contributed by atoms with Gasteiger partial charge in [0.25, 0.3) is 11.1 Å². The fraction of sp³-hybridized carbons (Fsp3) is 0.448. The van der Waals surface area contributed by atoms with Crippen LogP contribution in [0.2, 0.25) is 0 Å². The smallest absolute Gasteiger partial charge is 0.278 e. The third-order valence-corrected chi connectivity index (χ3v) is 8.18. The van der Waals surface area contributed by atoms with E-state index in [0.717, 1.165) is 37.3 Å². The van der Waals surface area contributed by atoms with Crippen molar-refractivity contribution in [3.05, 3.63) is 74.6 Å². The minimum Gasteiger partial charge on any atom is -0.324 e. The van der Waals surface area contributed by atoms with Gasteiger partial charge >= 0.3 is 0 Å². The molecule has 1 N–H and O–H groups in total. The van der Waals surface area contributed by atoms with Crippen molar-refractivity contribution in [1.29, 1.82) is 0 Å². The Bertz CT molecular complexity index is 1710. The van der Waals surface area contributed by atoms with Crippen LogP contribution in [0.3, 0.4) is 0 Å². The van der Waals surface area contributed by atoms with Crippen LogP contribution in [-0.4, -0.2) is 42.4 Å². The molecule has 7 rings (SSSR count). The Hall–Kier alpha value is -3.72. The van der Waals surface area contributed by atoms with Gasteiger partial charge in [0.05, 0.1) is 11.7 Å². The number of likely N-dealkylation sites (N-methyl/N-ethyl adjacent to an activating group) is 1. The lowest BCUT2D eigenvalue weighted by Crippen LogP contribution is -2.35. The second kappa shape index (κ2) is 7.89. The molecule has 2 saturated carbocycles. The molecule has 1 aliphatic heterocycles. The Balaban J connectivity index is 1.33. The monoisotopic (exact) mass is 511 g/mol. The van der Waals surface area contributed by atoms with Crippen LogP contribution in [0.4, 0.5) is 11.6 Å². The lowest BCUT2D eigenvalue weighted by molar-refractivity contribution is 0.271. The first-order chi connectivity index (χ1) is 18.1. The molecule has 0 bridgehead atoms. The number of anilines is 2. The van der Waals surface area contributed by atoms with Gasteiger partial charge in [-0.25, -0.2) is 14.3 Å². The minimum atomic E-state index is -0.401. The second-order valence-electron chi connectivity index (χ2n) is 12.3. The summed E-state index contributed by atoms with van der Waals surface area (Å²) in [6, 6.07) is 10.0. The normalized spacial score (nSPS) is 18.6. The Morgan fingerprint density at radius 3 is 2.58 bits per heavy atom. The van der Waals surface area contributed by atoms with Crippen LogP contribution < -0.4 is 16.4 Å². The van der Waals surface area contributed by atoms with Gasteiger partial charge in [-0.2, -0.15) is 4.98 Å². The maximum absolute atomic E-state index is 13.4. The summed E-state index contributed by atoms with van der Waals surface area (Å²) in [6.07, 6.45) is 7.85. The molecular weight excluding hydrogens is 478 g/mol. The summed E-state index contributed by atoms with van der Waals surface area (Å²) in [7, 11) is 2.19. The third-order valence-electron chi connectivity index (χ3n) is 8.18. The highest BCUT2D eigenvalue weighted by Crippen LogP contribution is 2.52. The van der Waals surface area contributed by atoms with Crippen LogP contribution in [0.15, 0.2) is 52.3 Å². The van der Waals surface area contributed by atoms with Crippen molar-refractivity contribution in [2.45, 2.75) is 70.0 Å². The van der Waals surface area contributed by atoms with Crippen molar-refractivity contribution in [3.63, 3.8) is 0 Å². The van der Waals surface area contributed by atoms with Crippen molar-refractivity contribution in [2.24, 2.45) is 0 Å². The summed E-state index contributed by atoms with van der Waals surface area (Å²) in [4.78, 5) is 37.8. The Kier molecular flexibility index (Phi) is 4.86. The van der Waals surface area contributed by atoms with Crippen molar-refractivity contribution in [3.8, 4) is 5.69 Å². The highest BCUT2D eigenvalue weighted by atomic mass is 16.1. The van der Waals surface area contributed by atoms with Crippen LogP contribution in [0.25, 0.3) is 16.7 Å². The van der Waals surface area contributed by atoms with E-state index in [1.807, 2.05) is 31.6 Å². The number of pyridine rings is 1. The zero-order valence-electron chi connectivity index (χ0n) is 22.4. The molecule has 4 aromatic rings. The molecule has 3 aromatic heterocycles. The number of nitrogens with zero attached hydrogens (tertiary/aromatic N) is 6. The Morgan fingerprint density at radius 1 is 1.08 bits per heavy atom. The van der Waals surface area contributed by atoms with Crippen LogP contribution in [0, 0.1) is 0 Å². The molecule has 0 atom stereocenters. The SMILES string of the molecule is CN1Cc2cc(Nc3ncc4c(=O)n(C5CC5)n(-c5ccc(=O)n(C(C)(C)C)c5)c4n3)ccc2C2(CC2)C1. The van der Waals surface area contributed by atoms with Crippen LogP contribution in [0.5, 0.6) is 0 Å². The van der Waals surface area contributed by atoms with E-state index >= 15 is 0 Å². The standard InChI is InChI=1S/C29H33N7O2/c1-28(2,3)34-16-21(8-10-24(34)37)35-25-22(26(38)36(35)20-6-7-20)14-30-27(32-25)31-19-5-9-23-18(13-19)15-33(4)17-29(23)11-12-29/h5,8-10,13-14,16,20H,6-7,11-12,15,17H2,1-4H3,(H,30,31,32). The highest BCUT2D eigenvalue weighted by molar-refractivity contribution is 5.77. The summed E-state index contributed by atoms with van der Waals surface area (Å²) in [5, 5.41) is 3.86. The Labute approximate surface area is 220 Å². The topological polar surface area (TPSA) is 90.0 Å². The van der Waals surface area contributed by atoms with E-state index < -0.39 is 5.54 Å². The van der Waals surface area contributed by atoms with Gasteiger partial charge in [-0.05, 0) is 82.8 Å². The molecule has 0 unspecified atom stereocenters. The molecule has 0 saturated heterocycles. The maximum Gasteiger partial charge on any atom is 0.278 e. The maximum atomic E-state index is 13.4. The van der Waals surface area contributed by atoms with Crippen LogP contribution in [0.1, 0.15) is 63.6 Å². The zero-order chi connectivity index (χ0) is 26.4. The summed E-state index contributed by atoms with van der Waals surface area (Å²) in [5.74, 6) is 0.439. The van der Waals surface area contributed by atoms with Crippen LogP contribution in [-0.2, 0) is 17.5 Å². The van der Waals surface area contributed by atoms with Crippen LogP contribution >= 0.6 is 0 Å². The van der Waals surface area contributed by atoms with Gasteiger partial charge in [0.15, 0.2) is 5.65 Å². The minimum absolute atomic E-state index is 0.0824. The van der Waals surface area contributed by atoms with Gasteiger partial charge in [-0.3, -0.25) is 9.59 Å².